The van der Waals surface area contributed by atoms with Crippen LogP contribution in [0.15, 0.2) is 29.3 Å². The summed E-state index contributed by atoms with van der Waals surface area (Å²) < 4.78 is 5.43. The van der Waals surface area contributed by atoms with Crippen molar-refractivity contribution < 1.29 is 4.74 Å². The highest BCUT2D eigenvalue weighted by atomic mass is 16.5. The standard InChI is InChI=1S/C15H23N3O/c1-2-19-14-10-8-12(9-11-14)15(18-16)17-13-6-4-3-5-7-13/h8-11,13H,2-7,16H2,1H3,(H,17,18). The molecule has 0 aromatic heterocycles. The average Bonchev–Trinajstić information content (AvgIpc) is 2.47. The van der Waals surface area contributed by atoms with E-state index in [0.29, 0.717) is 12.6 Å². The van der Waals surface area contributed by atoms with Gasteiger partial charge in [0.25, 0.3) is 0 Å². The van der Waals surface area contributed by atoms with Crippen molar-refractivity contribution in [3.63, 3.8) is 0 Å². The minimum atomic E-state index is 0.409. The van der Waals surface area contributed by atoms with Gasteiger partial charge in [0.2, 0.25) is 0 Å². The molecule has 1 fully saturated rings. The number of ether oxygens (including phenoxy) is 1. The zero-order valence-corrected chi connectivity index (χ0v) is 11.6. The second-order valence-corrected chi connectivity index (χ2v) is 4.87. The number of hydrazine groups is 1. The lowest BCUT2D eigenvalue weighted by Crippen LogP contribution is -2.32. The number of nitrogens with two attached hydrogens (primary N) is 1. The molecule has 1 aromatic carbocycles. The third-order valence-corrected chi connectivity index (χ3v) is 3.46. The maximum Gasteiger partial charge on any atom is 0.142 e. The molecule has 0 radical (unpaired) electrons. The van der Waals surface area contributed by atoms with Crippen LogP contribution in [0.25, 0.3) is 0 Å². The normalized spacial score (nSPS) is 17.3. The molecule has 19 heavy (non-hydrogen) atoms. The van der Waals surface area contributed by atoms with E-state index in [1.54, 1.807) is 0 Å². The van der Waals surface area contributed by atoms with Crippen molar-refractivity contribution in [1.29, 1.82) is 0 Å². The molecule has 104 valence electrons. The highest BCUT2D eigenvalue weighted by Crippen LogP contribution is 2.21. The van der Waals surface area contributed by atoms with E-state index in [9.17, 15) is 0 Å². The van der Waals surface area contributed by atoms with Crippen LogP contribution in [0.3, 0.4) is 0 Å². The second kappa shape index (κ2) is 7.14. The molecular weight excluding hydrogens is 238 g/mol. The molecule has 0 amide bonds. The topological polar surface area (TPSA) is 59.6 Å². The molecule has 0 spiro atoms. The number of hydrogen-bond donors (Lipinski definition) is 2. The van der Waals surface area contributed by atoms with Gasteiger partial charge >= 0.3 is 0 Å². The van der Waals surface area contributed by atoms with Crippen LogP contribution in [0.1, 0.15) is 44.6 Å². The van der Waals surface area contributed by atoms with E-state index >= 15 is 0 Å². The number of hydrogen-bond acceptors (Lipinski definition) is 3. The Balaban J connectivity index is 2.09. The predicted octanol–water partition coefficient (Wildman–Crippen LogP) is 2.63. The highest BCUT2D eigenvalue weighted by Gasteiger charge is 2.13. The molecule has 0 aliphatic heterocycles. The molecule has 1 aromatic rings. The monoisotopic (exact) mass is 261 g/mol. The Labute approximate surface area is 115 Å². The maximum atomic E-state index is 5.61. The van der Waals surface area contributed by atoms with Gasteiger partial charge in [-0.15, -0.1) is 0 Å². The zero-order valence-electron chi connectivity index (χ0n) is 11.6. The van der Waals surface area contributed by atoms with Crippen molar-refractivity contribution >= 4 is 5.84 Å². The van der Waals surface area contributed by atoms with Crippen molar-refractivity contribution in [2.24, 2.45) is 10.8 Å². The summed E-state index contributed by atoms with van der Waals surface area (Å²) in [4.78, 5) is 4.74. The summed E-state index contributed by atoms with van der Waals surface area (Å²) in [5, 5.41) is 0. The molecule has 0 heterocycles. The van der Waals surface area contributed by atoms with Gasteiger partial charge < -0.3 is 10.2 Å². The van der Waals surface area contributed by atoms with Crippen LogP contribution in [0.2, 0.25) is 0 Å². The highest BCUT2D eigenvalue weighted by molar-refractivity contribution is 5.98. The third-order valence-electron chi connectivity index (χ3n) is 3.46. The van der Waals surface area contributed by atoms with Gasteiger partial charge in [-0.2, -0.15) is 0 Å². The Morgan fingerprint density at radius 2 is 1.95 bits per heavy atom. The first-order chi connectivity index (χ1) is 9.33. The van der Waals surface area contributed by atoms with Crippen molar-refractivity contribution in [3.8, 4) is 5.75 Å². The largest absolute Gasteiger partial charge is 0.494 e. The van der Waals surface area contributed by atoms with Crippen molar-refractivity contribution in [3.05, 3.63) is 29.8 Å². The number of rotatable bonds is 4. The molecule has 4 nitrogen and oxygen atoms in total. The van der Waals surface area contributed by atoms with Gasteiger partial charge in [0.15, 0.2) is 0 Å². The molecule has 0 unspecified atom stereocenters. The fourth-order valence-electron chi connectivity index (χ4n) is 2.46. The number of amidine groups is 1. The molecule has 0 bridgehead atoms. The van der Waals surface area contributed by atoms with Gasteiger partial charge in [-0.3, -0.25) is 4.99 Å². The van der Waals surface area contributed by atoms with E-state index < -0.39 is 0 Å². The molecule has 0 saturated heterocycles. The molecular formula is C15H23N3O. The van der Waals surface area contributed by atoms with Gasteiger partial charge in [-0.05, 0) is 44.0 Å². The molecule has 2 rings (SSSR count). The SMILES string of the molecule is CCOc1ccc(C(=NC2CCCCC2)NN)cc1. The molecule has 0 atom stereocenters. The van der Waals surface area contributed by atoms with E-state index in [-0.39, 0.29) is 0 Å². The Morgan fingerprint density at radius 1 is 1.26 bits per heavy atom. The summed E-state index contributed by atoms with van der Waals surface area (Å²) in [6.07, 6.45) is 6.22. The summed E-state index contributed by atoms with van der Waals surface area (Å²) >= 11 is 0. The van der Waals surface area contributed by atoms with Gasteiger partial charge in [0.05, 0.1) is 12.6 Å². The maximum absolute atomic E-state index is 5.61. The van der Waals surface area contributed by atoms with Crippen molar-refractivity contribution in [1.82, 2.24) is 5.43 Å². The van der Waals surface area contributed by atoms with Crippen LogP contribution < -0.4 is 16.0 Å². The Morgan fingerprint density at radius 3 is 2.53 bits per heavy atom. The lowest BCUT2D eigenvalue weighted by atomic mass is 9.96. The Hall–Kier alpha value is -1.55. The first-order valence-corrected chi connectivity index (χ1v) is 7.11. The van der Waals surface area contributed by atoms with E-state index in [1.807, 2.05) is 31.2 Å². The first kappa shape index (κ1) is 13.9. The smallest absolute Gasteiger partial charge is 0.142 e. The van der Waals surface area contributed by atoms with Crippen LogP contribution in [-0.4, -0.2) is 18.5 Å². The fraction of sp³-hybridized carbons (Fsp3) is 0.533. The lowest BCUT2D eigenvalue weighted by Gasteiger charge is -2.19. The van der Waals surface area contributed by atoms with Crippen molar-refractivity contribution in [2.45, 2.75) is 45.1 Å². The van der Waals surface area contributed by atoms with Gasteiger partial charge in [0, 0.05) is 5.56 Å². The van der Waals surface area contributed by atoms with Gasteiger partial charge in [-0.25, -0.2) is 5.84 Å². The zero-order chi connectivity index (χ0) is 13.5. The number of aliphatic imine (C=N–C) groups is 1. The molecule has 1 aliphatic carbocycles. The minimum absolute atomic E-state index is 0.409. The summed E-state index contributed by atoms with van der Waals surface area (Å²) in [6, 6.07) is 8.30. The molecule has 1 aliphatic rings. The quantitative estimate of drug-likeness (QED) is 0.379. The molecule has 4 heteroatoms. The first-order valence-electron chi connectivity index (χ1n) is 7.11. The van der Waals surface area contributed by atoms with Crippen LogP contribution in [-0.2, 0) is 0 Å². The lowest BCUT2D eigenvalue weighted by molar-refractivity contribution is 0.340. The summed E-state index contributed by atoms with van der Waals surface area (Å²) in [5.41, 5.74) is 3.74. The summed E-state index contributed by atoms with van der Waals surface area (Å²) in [5.74, 6) is 7.26. The van der Waals surface area contributed by atoms with Crippen molar-refractivity contribution in [2.75, 3.05) is 6.61 Å². The van der Waals surface area contributed by atoms with E-state index in [2.05, 4.69) is 5.43 Å². The molecule has 3 N–H and O–H groups in total. The van der Waals surface area contributed by atoms with Crippen LogP contribution >= 0.6 is 0 Å². The third kappa shape index (κ3) is 3.96. The van der Waals surface area contributed by atoms with Gasteiger partial charge in [-0.1, -0.05) is 19.3 Å². The van der Waals surface area contributed by atoms with E-state index in [1.165, 1.54) is 32.1 Å². The second-order valence-electron chi connectivity index (χ2n) is 4.87. The molecule has 1 saturated carbocycles. The Kier molecular flexibility index (Phi) is 5.21. The van der Waals surface area contributed by atoms with Crippen LogP contribution in [0.5, 0.6) is 5.75 Å². The van der Waals surface area contributed by atoms with Crippen LogP contribution in [0, 0.1) is 0 Å². The number of nitrogens with one attached hydrogen (secondary N) is 1. The van der Waals surface area contributed by atoms with Gasteiger partial charge in [0.1, 0.15) is 11.6 Å². The average molecular weight is 261 g/mol. The summed E-state index contributed by atoms with van der Waals surface area (Å²) in [6.45, 7) is 2.66. The van der Waals surface area contributed by atoms with E-state index in [0.717, 1.165) is 17.1 Å². The number of nitrogens with zero attached hydrogens (tertiary/aromatic N) is 1. The van der Waals surface area contributed by atoms with E-state index in [4.69, 9.17) is 15.6 Å². The minimum Gasteiger partial charge on any atom is -0.494 e. The summed E-state index contributed by atoms with van der Waals surface area (Å²) in [7, 11) is 0. The Bertz CT molecular complexity index is 408. The fourth-order valence-corrected chi connectivity index (χ4v) is 2.46. The predicted molar refractivity (Wildman–Crippen MR) is 78.3 cm³/mol. The van der Waals surface area contributed by atoms with Crippen LogP contribution in [0.4, 0.5) is 0 Å². The number of benzene rings is 1.